The summed E-state index contributed by atoms with van der Waals surface area (Å²) in [5.41, 5.74) is 1.09. The molecule has 2 rings (SSSR count). The topological polar surface area (TPSA) is 101 Å². The second-order valence-corrected chi connectivity index (χ2v) is 4.40. The number of fused-ring (bicyclic) bond motifs is 1. The molecule has 0 saturated carbocycles. The van der Waals surface area contributed by atoms with Crippen molar-refractivity contribution in [2.24, 2.45) is 0 Å². The number of carboxylic acids is 1. The molecule has 0 fully saturated rings. The molecule has 0 aliphatic heterocycles. The monoisotopic (exact) mass is 264 g/mol. The average molecular weight is 264 g/mol. The zero-order valence-corrected chi connectivity index (χ0v) is 10.9. The molecule has 1 atom stereocenters. The first-order valence-corrected chi connectivity index (χ1v) is 6.17. The lowest BCUT2D eigenvalue weighted by Crippen LogP contribution is -2.23. The summed E-state index contributed by atoms with van der Waals surface area (Å²) < 4.78 is 5.05. The van der Waals surface area contributed by atoms with Crippen LogP contribution >= 0.6 is 0 Å². The van der Waals surface area contributed by atoms with Gasteiger partial charge in [0.25, 0.3) is 5.71 Å². The van der Waals surface area contributed by atoms with Crippen molar-refractivity contribution < 1.29 is 14.4 Å². The third kappa shape index (κ3) is 2.98. The average Bonchev–Trinajstić information content (AvgIpc) is 2.72. The Balaban J connectivity index is 2.27. The predicted octanol–water partition coefficient (Wildman–Crippen LogP) is 1.98. The number of carboxylic acid groups (broad SMARTS) is 1. The molecule has 2 N–H and O–H groups in total. The van der Waals surface area contributed by atoms with E-state index in [4.69, 9.17) is 9.63 Å². The summed E-state index contributed by atoms with van der Waals surface area (Å²) in [4.78, 5) is 19.0. The Hall–Kier alpha value is -2.18. The van der Waals surface area contributed by atoms with Gasteiger partial charge in [-0.1, -0.05) is 18.5 Å². The lowest BCUT2D eigenvalue weighted by Gasteiger charge is -2.16. The van der Waals surface area contributed by atoms with Crippen molar-refractivity contribution in [1.29, 1.82) is 0 Å². The van der Waals surface area contributed by atoms with Crippen LogP contribution in [0.5, 0.6) is 0 Å². The zero-order chi connectivity index (χ0) is 13.8. The second-order valence-electron chi connectivity index (χ2n) is 4.40. The van der Waals surface area contributed by atoms with Crippen LogP contribution in [-0.4, -0.2) is 32.2 Å². The summed E-state index contributed by atoms with van der Waals surface area (Å²) in [7, 11) is 0. The fourth-order valence-corrected chi connectivity index (χ4v) is 2.01. The van der Waals surface area contributed by atoms with Gasteiger partial charge >= 0.3 is 5.97 Å². The molecule has 0 amide bonds. The summed E-state index contributed by atoms with van der Waals surface area (Å²) in [6.45, 7) is 3.81. The van der Waals surface area contributed by atoms with Gasteiger partial charge < -0.3 is 14.9 Å². The predicted molar refractivity (Wildman–Crippen MR) is 68.9 cm³/mol. The largest absolute Gasteiger partial charge is 0.481 e. The van der Waals surface area contributed by atoms with Gasteiger partial charge in [-0.25, -0.2) is 4.98 Å². The number of aliphatic carboxylic acids is 1. The molecule has 102 valence electrons. The minimum Gasteiger partial charge on any atom is -0.481 e. The quantitative estimate of drug-likeness (QED) is 0.822. The number of aryl methyl sites for hydroxylation is 1. The van der Waals surface area contributed by atoms with E-state index in [1.165, 1.54) is 6.33 Å². The highest BCUT2D eigenvalue weighted by atomic mass is 16.5. The molecule has 0 bridgehead atoms. The van der Waals surface area contributed by atoms with Crippen LogP contribution in [0.1, 0.15) is 31.9 Å². The van der Waals surface area contributed by atoms with E-state index in [0.29, 0.717) is 22.6 Å². The molecule has 2 heterocycles. The van der Waals surface area contributed by atoms with E-state index >= 15 is 0 Å². The third-order valence-electron chi connectivity index (χ3n) is 2.84. The molecule has 0 aliphatic rings. The minimum atomic E-state index is -0.835. The first-order valence-electron chi connectivity index (χ1n) is 6.17. The van der Waals surface area contributed by atoms with Crippen LogP contribution in [0.4, 0.5) is 5.82 Å². The molecule has 1 unspecified atom stereocenters. The van der Waals surface area contributed by atoms with Crippen molar-refractivity contribution in [3.63, 3.8) is 0 Å². The van der Waals surface area contributed by atoms with E-state index in [2.05, 4.69) is 20.4 Å². The van der Waals surface area contributed by atoms with Gasteiger partial charge in [0.2, 0.25) is 0 Å². The maximum Gasteiger partial charge on any atom is 0.305 e. The molecule has 0 radical (unpaired) electrons. The van der Waals surface area contributed by atoms with Gasteiger partial charge in [0.15, 0.2) is 0 Å². The molecule has 0 aromatic carbocycles. The summed E-state index contributed by atoms with van der Waals surface area (Å²) in [5, 5.41) is 16.6. The molecule has 0 saturated heterocycles. The number of hydrogen-bond acceptors (Lipinski definition) is 6. The van der Waals surface area contributed by atoms with Gasteiger partial charge in [-0.3, -0.25) is 4.79 Å². The van der Waals surface area contributed by atoms with Crippen LogP contribution in [-0.2, 0) is 4.79 Å². The summed E-state index contributed by atoms with van der Waals surface area (Å²) in [5.74, 6) is -0.262. The molecular weight excluding hydrogens is 248 g/mol. The van der Waals surface area contributed by atoms with Crippen molar-refractivity contribution in [3.05, 3.63) is 12.0 Å². The molecular formula is C12H16N4O3. The lowest BCUT2D eigenvalue weighted by atomic mass is 10.1. The normalized spacial score (nSPS) is 12.5. The van der Waals surface area contributed by atoms with E-state index in [1.54, 1.807) is 6.92 Å². The smallest absolute Gasteiger partial charge is 0.305 e. The van der Waals surface area contributed by atoms with Crippen molar-refractivity contribution in [2.75, 3.05) is 5.32 Å². The molecule has 2 aromatic heterocycles. The molecule has 0 aliphatic carbocycles. The summed E-state index contributed by atoms with van der Waals surface area (Å²) >= 11 is 0. The van der Waals surface area contributed by atoms with Gasteiger partial charge in [0.1, 0.15) is 17.5 Å². The summed E-state index contributed by atoms with van der Waals surface area (Å²) in [6.07, 6.45) is 3.06. The van der Waals surface area contributed by atoms with Gasteiger partial charge in [-0.05, 0) is 13.3 Å². The van der Waals surface area contributed by atoms with Crippen molar-refractivity contribution in [1.82, 2.24) is 15.1 Å². The lowest BCUT2D eigenvalue weighted by molar-refractivity contribution is -0.137. The number of nitrogens with zero attached hydrogens (tertiary/aromatic N) is 3. The van der Waals surface area contributed by atoms with E-state index in [-0.39, 0.29) is 12.5 Å². The Labute approximate surface area is 110 Å². The van der Waals surface area contributed by atoms with Crippen LogP contribution < -0.4 is 5.32 Å². The maximum absolute atomic E-state index is 10.9. The fourth-order valence-electron chi connectivity index (χ4n) is 2.01. The van der Waals surface area contributed by atoms with Gasteiger partial charge in [-0.2, -0.15) is 4.98 Å². The highest BCUT2D eigenvalue weighted by Gasteiger charge is 2.17. The maximum atomic E-state index is 10.9. The molecule has 19 heavy (non-hydrogen) atoms. The standard InChI is InChI=1S/C12H16N4O3/c1-3-4-8(5-9(17)18)15-11-10-7(2)16-19-12(10)14-6-13-11/h6,8H,3-5H2,1-2H3,(H,17,18)(H,13,14,15). The molecule has 0 spiro atoms. The Morgan fingerprint density at radius 2 is 2.32 bits per heavy atom. The van der Waals surface area contributed by atoms with Gasteiger partial charge in [0, 0.05) is 6.04 Å². The highest BCUT2D eigenvalue weighted by Crippen LogP contribution is 2.24. The number of nitrogens with one attached hydrogen (secondary N) is 1. The zero-order valence-electron chi connectivity index (χ0n) is 10.9. The number of hydrogen-bond donors (Lipinski definition) is 2. The van der Waals surface area contributed by atoms with Crippen LogP contribution in [0.25, 0.3) is 11.1 Å². The van der Waals surface area contributed by atoms with E-state index < -0.39 is 5.97 Å². The number of aromatic nitrogens is 3. The van der Waals surface area contributed by atoms with Gasteiger partial charge in [0.05, 0.1) is 12.1 Å². The van der Waals surface area contributed by atoms with Crippen LogP contribution in [0.15, 0.2) is 10.9 Å². The van der Waals surface area contributed by atoms with E-state index in [0.717, 1.165) is 12.8 Å². The van der Waals surface area contributed by atoms with Crippen molar-refractivity contribution >= 4 is 22.9 Å². The van der Waals surface area contributed by atoms with Crippen molar-refractivity contribution in [2.45, 2.75) is 39.2 Å². The Bertz CT molecular complexity index is 581. The minimum absolute atomic E-state index is 0.0453. The number of rotatable bonds is 6. The van der Waals surface area contributed by atoms with Crippen LogP contribution in [0, 0.1) is 6.92 Å². The van der Waals surface area contributed by atoms with E-state index in [9.17, 15) is 4.79 Å². The fraction of sp³-hybridized carbons (Fsp3) is 0.500. The molecule has 7 nitrogen and oxygen atoms in total. The third-order valence-corrected chi connectivity index (χ3v) is 2.84. The van der Waals surface area contributed by atoms with Crippen molar-refractivity contribution in [3.8, 4) is 0 Å². The SMILES string of the molecule is CCCC(CC(=O)O)Nc1ncnc2onc(C)c12. The highest BCUT2D eigenvalue weighted by molar-refractivity contribution is 5.87. The van der Waals surface area contributed by atoms with E-state index in [1.807, 2.05) is 6.92 Å². The second kappa shape index (κ2) is 5.64. The first-order chi connectivity index (χ1) is 9.11. The number of anilines is 1. The Morgan fingerprint density at radius 3 is 3.00 bits per heavy atom. The number of carbonyl (C=O) groups is 1. The van der Waals surface area contributed by atoms with Crippen LogP contribution in [0.3, 0.4) is 0 Å². The van der Waals surface area contributed by atoms with Gasteiger partial charge in [-0.15, -0.1) is 0 Å². The molecule has 2 aromatic rings. The summed E-state index contributed by atoms with van der Waals surface area (Å²) in [6, 6.07) is -0.171. The first kappa shape index (κ1) is 13.3. The molecule has 7 heteroatoms. The Morgan fingerprint density at radius 1 is 1.53 bits per heavy atom. The van der Waals surface area contributed by atoms with Crippen LogP contribution in [0.2, 0.25) is 0 Å². The Kier molecular flexibility index (Phi) is 3.94.